The van der Waals surface area contributed by atoms with E-state index < -0.39 is 5.41 Å². The largest absolute Gasteiger partial charge is 0.342 e. The lowest BCUT2D eigenvalue weighted by Gasteiger charge is -2.37. The number of piperidine rings is 1. The van der Waals surface area contributed by atoms with E-state index in [1.807, 2.05) is 4.90 Å². The van der Waals surface area contributed by atoms with Gasteiger partial charge in [0.1, 0.15) is 5.41 Å². The van der Waals surface area contributed by atoms with Crippen LogP contribution in [0.4, 0.5) is 0 Å². The van der Waals surface area contributed by atoms with Crippen molar-refractivity contribution in [3.05, 3.63) is 0 Å². The van der Waals surface area contributed by atoms with E-state index in [-0.39, 0.29) is 11.8 Å². The molecule has 0 aromatic heterocycles. The second-order valence-corrected chi connectivity index (χ2v) is 6.99. The monoisotopic (exact) mass is 307 g/mol. The van der Waals surface area contributed by atoms with Gasteiger partial charge in [-0.3, -0.25) is 14.4 Å². The lowest BCUT2D eigenvalue weighted by Crippen LogP contribution is -2.54. The highest BCUT2D eigenvalue weighted by Gasteiger charge is 2.59. The number of carbonyl (C=O) groups is 3. The smallest absolute Gasteiger partial charge is 0.238 e. The van der Waals surface area contributed by atoms with Crippen molar-refractivity contribution in [2.45, 2.75) is 32.6 Å². The highest BCUT2D eigenvalue weighted by Crippen LogP contribution is 2.49. The zero-order chi connectivity index (χ0) is 15.7. The molecule has 3 fully saturated rings. The number of amides is 3. The van der Waals surface area contributed by atoms with Gasteiger partial charge in [0.05, 0.1) is 0 Å². The average Bonchev–Trinajstić information content (AvgIpc) is 3.36. The maximum Gasteiger partial charge on any atom is 0.238 e. The van der Waals surface area contributed by atoms with Crippen LogP contribution in [0.25, 0.3) is 0 Å². The van der Waals surface area contributed by atoms with E-state index >= 15 is 0 Å². The van der Waals surface area contributed by atoms with Crippen LogP contribution >= 0.6 is 0 Å². The van der Waals surface area contributed by atoms with Gasteiger partial charge in [0.25, 0.3) is 0 Å². The molecule has 0 spiro atoms. The number of hydrogen-bond acceptors (Lipinski definition) is 3. The van der Waals surface area contributed by atoms with Gasteiger partial charge in [-0.15, -0.1) is 0 Å². The molecule has 3 aliphatic rings. The van der Waals surface area contributed by atoms with Crippen molar-refractivity contribution in [1.82, 2.24) is 14.7 Å². The first-order valence-electron chi connectivity index (χ1n) is 8.35. The number of carbonyl (C=O) groups excluding carboxylic acids is 3. The quantitative estimate of drug-likeness (QED) is 0.557. The van der Waals surface area contributed by atoms with Crippen LogP contribution in [0.2, 0.25) is 0 Å². The molecule has 0 radical (unpaired) electrons. The molecule has 122 valence electrons. The Morgan fingerprint density at radius 3 is 1.86 bits per heavy atom. The summed E-state index contributed by atoms with van der Waals surface area (Å²) in [6.45, 7) is 6.02. The van der Waals surface area contributed by atoms with Crippen molar-refractivity contribution in [3.8, 4) is 0 Å². The maximum atomic E-state index is 12.8. The molecular formula is C16H25N3O3. The Labute approximate surface area is 131 Å². The van der Waals surface area contributed by atoms with Crippen LogP contribution in [-0.2, 0) is 14.4 Å². The van der Waals surface area contributed by atoms with Crippen molar-refractivity contribution < 1.29 is 14.4 Å². The molecule has 0 bridgehead atoms. The van der Waals surface area contributed by atoms with E-state index in [9.17, 15) is 14.4 Å². The lowest BCUT2D eigenvalue weighted by molar-refractivity contribution is -0.151. The molecule has 22 heavy (non-hydrogen) atoms. The van der Waals surface area contributed by atoms with Gasteiger partial charge in [0.15, 0.2) is 0 Å². The molecular weight excluding hydrogens is 282 g/mol. The number of nitrogens with zero attached hydrogens (tertiary/aromatic N) is 3. The fourth-order valence-electron chi connectivity index (χ4n) is 3.49. The number of piperazine rings is 1. The van der Waals surface area contributed by atoms with Crippen LogP contribution in [0, 0.1) is 11.3 Å². The van der Waals surface area contributed by atoms with Gasteiger partial charge < -0.3 is 14.7 Å². The second-order valence-electron chi connectivity index (χ2n) is 6.99. The van der Waals surface area contributed by atoms with Crippen LogP contribution in [0.1, 0.15) is 32.6 Å². The number of rotatable bonds is 3. The molecule has 0 unspecified atom stereocenters. The number of hydrogen-bond donors (Lipinski definition) is 0. The van der Waals surface area contributed by atoms with Crippen molar-refractivity contribution in [3.63, 3.8) is 0 Å². The molecule has 2 aliphatic heterocycles. The summed E-state index contributed by atoms with van der Waals surface area (Å²) in [7, 11) is 0. The zero-order valence-corrected chi connectivity index (χ0v) is 13.3. The fraction of sp³-hybridized carbons (Fsp3) is 0.812. The molecule has 0 aromatic rings. The average molecular weight is 307 g/mol. The van der Waals surface area contributed by atoms with E-state index in [1.165, 1.54) is 0 Å². The molecule has 1 saturated carbocycles. The van der Waals surface area contributed by atoms with Gasteiger partial charge in [-0.25, -0.2) is 0 Å². The highest BCUT2D eigenvalue weighted by molar-refractivity contribution is 6.07. The van der Waals surface area contributed by atoms with Crippen molar-refractivity contribution >= 4 is 18.2 Å². The predicted octanol–water partition coefficient (Wildman–Crippen LogP) is 0.326. The highest BCUT2D eigenvalue weighted by atomic mass is 16.2. The van der Waals surface area contributed by atoms with E-state index in [1.54, 1.807) is 9.80 Å². The summed E-state index contributed by atoms with van der Waals surface area (Å²) in [5.74, 6) is 0.704. The van der Waals surface area contributed by atoms with Crippen LogP contribution in [0.5, 0.6) is 0 Å². The van der Waals surface area contributed by atoms with E-state index in [2.05, 4.69) is 6.92 Å². The van der Waals surface area contributed by atoms with Crippen molar-refractivity contribution in [2.75, 3.05) is 39.3 Å². The third-order valence-electron chi connectivity index (χ3n) is 5.39. The zero-order valence-electron chi connectivity index (χ0n) is 13.3. The Kier molecular flexibility index (Phi) is 4.10. The maximum absolute atomic E-state index is 12.8. The second kappa shape index (κ2) is 5.89. The molecule has 0 N–H and O–H groups in total. The molecule has 6 heteroatoms. The first-order chi connectivity index (χ1) is 10.6. The Hall–Kier alpha value is -1.59. The number of likely N-dealkylation sites (tertiary alicyclic amines) is 1. The molecule has 2 saturated heterocycles. The Bertz CT molecular complexity index is 459. The normalized spacial score (nSPS) is 25.0. The summed E-state index contributed by atoms with van der Waals surface area (Å²) < 4.78 is 0. The topological polar surface area (TPSA) is 60.9 Å². The first kappa shape index (κ1) is 15.3. The van der Waals surface area contributed by atoms with E-state index in [0.29, 0.717) is 44.9 Å². The van der Waals surface area contributed by atoms with E-state index in [4.69, 9.17) is 0 Å². The van der Waals surface area contributed by atoms with Crippen LogP contribution in [0.15, 0.2) is 0 Å². The molecule has 6 nitrogen and oxygen atoms in total. The minimum absolute atomic E-state index is 0.0123. The van der Waals surface area contributed by atoms with Crippen LogP contribution < -0.4 is 0 Å². The summed E-state index contributed by atoms with van der Waals surface area (Å²) in [6, 6.07) is 0. The van der Waals surface area contributed by atoms with Crippen molar-refractivity contribution in [1.29, 1.82) is 0 Å². The lowest BCUT2D eigenvalue weighted by atomic mass is 9.96. The van der Waals surface area contributed by atoms with Gasteiger partial charge in [0, 0.05) is 39.3 Å². The molecule has 0 atom stereocenters. The van der Waals surface area contributed by atoms with Gasteiger partial charge in [-0.1, -0.05) is 6.92 Å². The predicted molar refractivity (Wildman–Crippen MR) is 80.9 cm³/mol. The SMILES string of the molecule is CC1CCN(C(=O)C2(C(=O)N3CCN(C=O)CC3)CC2)CC1. The summed E-state index contributed by atoms with van der Waals surface area (Å²) in [5, 5.41) is 0. The molecule has 3 rings (SSSR count). The van der Waals surface area contributed by atoms with Crippen LogP contribution in [0.3, 0.4) is 0 Å². The minimum atomic E-state index is -0.774. The minimum Gasteiger partial charge on any atom is -0.342 e. The van der Waals surface area contributed by atoms with Gasteiger partial charge in [0.2, 0.25) is 18.2 Å². The summed E-state index contributed by atoms with van der Waals surface area (Å²) >= 11 is 0. The van der Waals surface area contributed by atoms with E-state index in [0.717, 1.165) is 32.3 Å². The van der Waals surface area contributed by atoms with Gasteiger partial charge >= 0.3 is 0 Å². The summed E-state index contributed by atoms with van der Waals surface area (Å²) in [5.41, 5.74) is -0.774. The third kappa shape index (κ3) is 2.71. The van der Waals surface area contributed by atoms with Gasteiger partial charge in [-0.2, -0.15) is 0 Å². The Morgan fingerprint density at radius 2 is 1.41 bits per heavy atom. The third-order valence-corrected chi connectivity index (χ3v) is 5.39. The van der Waals surface area contributed by atoms with Crippen molar-refractivity contribution in [2.24, 2.45) is 11.3 Å². The fourth-order valence-corrected chi connectivity index (χ4v) is 3.49. The molecule has 0 aromatic carbocycles. The first-order valence-corrected chi connectivity index (χ1v) is 8.35. The molecule has 3 amide bonds. The van der Waals surface area contributed by atoms with Gasteiger partial charge in [-0.05, 0) is 31.6 Å². The molecule has 2 heterocycles. The van der Waals surface area contributed by atoms with Crippen LogP contribution in [-0.4, -0.2) is 72.2 Å². The Morgan fingerprint density at radius 1 is 0.909 bits per heavy atom. The summed E-state index contributed by atoms with van der Waals surface area (Å²) in [4.78, 5) is 41.7. The Balaban J connectivity index is 1.62. The standard InChI is InChI=1S/C16H25N3O3/c1-13-2-6-18(7-3-13)14(21)16(4-5-16)15(22)19-10-8-17(12-20)9-11-19/h12-13H,2-11H2,1H3. The molecule has 1 aliphatic carbocycles. The summed E-state index contributed by atoms with van der Waals surface area (Å²) in [6.07, 6.45) is 4.27.